The van der Waals surface area contributed by atoms with Crippen LogP contribution in [0.5, 0.6) is 11.5 Å². The Bertz CT molecular complexity index is 1260. The molecule has 7 nitrogen and oxygen atoms in total. The van der Waals surface area contributed by atoms with E-state index in [0.29, 0.717) is 41.4 Å². The van der Waals surface area contributed by atoms with Crippen molar-refractivity contribution in [3.05, 3.63) is 89.0 Å². The number of carbonyl (C=O) groups excluding carboxylic acids is 1. The number of rotatable bonds is 7. The normalized spacial score (nSPS) is 13.2. The van der Waals surface area contributed by atoms with Gasteiger partial charge in [0.15, 0.2) is 11.5 Å². The molecule has 0 bridgehead atoms. The van der Waals surface area contributed by atoms with Gasteiger partial charge in [0.2, 0.25) is 10.0 Å². The second kappa shape index (κ2) is 9.54. The maximum absolute atomic E-state index is 12.8. The van der Waals surface area contributed by atoms with Crippen molar-refractivity contribution < 1.29 is 22.7 Å². The van der Waals surface area contributed by atoms with E-state index in [0.717, 1.165) is 17.5 Å². The van der Waals surface area contributed by atoms with Crippen LogP contribution in [-0.4, -0.2) is 40.0 Å². The van der Waals surface area contributed by atoms with Crippen molar-refractivity contribution in [2.45, 2.75) is 18.7 Å². The summed E-state index contributed by atoms with van der Waals surface area (Å²) in [5, 5.41) is 0. The number of ether oxygens (including phenoxy) is 2. The van der Waals surface area contributed by atoms with Gasteiger partial charge >= 0.3 is 0 Å². The minimum Gasteiger partial charge on any atom is -0.493 e. The van der Waals surface area contributed by atoms with E-state index in [1.54, 1.807) is 41.3 Å². The zero-order chi connectivity index (χ0) is 23.4. The number of anilines is 1. The van der Waals surface area contributed by atoms with Crippen LogP contribution in [0.1, 0.15) is 27.0 Å². The quantitative estimate of drug-likeness (QED) is 0.572. The average Bonchev–Trinajstić information content (AvgIpc) is 2.83. The van der Waals surface area contributed by atoms with Crippen molar-refractivity contribution in [3.63, 3.8) is 0 Å². The third-order valence-corrected chi connectivity index (χ3v) is 6.86. The van der Waals surface area contributed by atoms with Gasteiger partial charge in [-0.3, -0.25) is 9.52 Å². The highest BCUT2D eigenvalue weighted by molar-refractivity contribution is 7.91. The molecule has 0 aromatic heterocycles. The number of methoxy groups -OCH3 is 2. The lowest BCUT2D eigenvalue weighted by atomic mass is 9.98. The number of benzene rings is 3. The van der Waals surface area contributed by atoms with Gasteiger partial charge in [0, 0.05) is 24.3 Å². The molecular formula is C25H26N2O5S. The molecule has 0 saturated heterocycles. The van der Waals surface area contributed by atoms with Gasteiger partial charge in [-0.25, -0.2) is 8.42 Å². The zero-order valence-electron chi connectivity index (χ0n) is 18.6. The Balaban J connectivity index is 1.48. The van der Waals surface area contributed by atoms with Gasteiger partial charge in [-0.2, -0.15) is 0 Å². The summed E-state index contributed by atoms with van der Waals surface area (Å²) in [6, 6.07) is 19.7. The number of carbonyl (C=O) groups is 1. The molecule has 172 valence electrons. The van der Waals surface area contributed by atoms with Gasteiger partial charge in [-0.05, 0) is 59.5 Å². The number of hydrogen-bond acceptors (Lipinski definition) is 5. The molecule has 8 heteroatoms. The summed E-state index contributed by atoms with van der Waals surface area (Å²) in [6.07, 6.45) is 0.729. The molecular weight excluding hydrogens is 440 g/mol. The maximum Gasteiger partial charge on any atom is 0.254 e. The number of nitrogens with zero attached hydrogens (tertiary/aromatic N) is 1. The van der Waals surface area contributed by atoms with E-state index >= 15 is 0 Å². The highest BCUT2D eigenvalue weighted by Gasteiger charge is 2.22. The van der Waals surface area contributed by atoms with Crippen molar-refractivity contribution in [2.75, 3.05) is 25.5 Å². The number of nitrogens with one attached hydrogen (secondary N) is 1. The van der Waals surface area contributed by atoms with Crippen molar-refractivity contribution in [2.24, 2.45) is 0 Å². The highest BCUT2D eigenvalue weighted by Crippen LogP contribution is 2.29. The Morgan fingerprint density at radius 1 is 0.939 bits per heavy atom. The van der Waals surface area contributed by atoms with Crippen LogP contribution < -0.4 is 14.2 Å². The van der Waals surface area contributed by atoms with Gasteiger partial charge in [0.25, 0.3) is 5.91 Å². The summed E-state index contributed by atoms with van der Waals surface area (Å²) < 4.78 is 38.7. The van der Waals surface area contributed by atoms with E-state index in [2.05, 4.69) is 4.72 Å². The molecule has 1 heterocycles. The summed E-state index contributed by atoms with van der Waals surface area (Å²) in [4.78, 5) is 14.6. The first-order chi connectivity index (χ1) is 15.9. The number of sulfonamides is 1. The fraction of sp³-hybridized carbons (Fsp3) is 0.240. The molecule has 0 fully saturated rings. The third kappa shape index (κ3) is 5.28. The van der Waals surface area contributed by atoms with Crippen LogP contribution in [0.2, 0.25) is 0 Å². The Morgan fingerprint density at radius 3 is 2.42 bits per heavy atom. The molecule has 33 heavy (non-hydrogen) atoms. The van der Waals surface area contributed by atoms with Gasteiger partial charge in [0.05, 0.1) is 20.0 Å². The third-order valence-electron chi connectivity index (χ3n) is 5.60. The molecule has 0 spiro atoms. The van der Waals surface area contributed by atoms with E-state index in [4.69, 9.17) is 9.47 Å². The van der Waals surface area contributed by atoms with Crippen LogP contribution in [-0.2, 0) is 28.7 Å². The monoisotopic (exact) mass is 466 g/mol. The Kier molecular flexibility index (Phi) is 6.55. The Labute approximate surface area is 194 Å². The van der Waals surface area contributed by atoms with E-state index in [1.165, 1.54) is 14.2 Å². The van der Waals surface area contributed by atoms with Crippen molar-refractivity contribution in [1.82, 2.24) is 4.90 Å². The molecule has 1 N–H and O–H groups in total. The molecule has 3 aromatic rings. The summed E-state index contributed by atoms with van der Waals surface area (Å²) in [5.74, 6) is 0.780. The Hall–Kier alpha value is -3.52. The molecule has 0 aliphatic carbocycles. The first kappa shape index (κ1) is 22.7. The van der Waals surface area contributed by atoms with Gasteiger partial charge in [0.1, 0.15) is 0 Å². The van der Waals surface area contributed by atoms with Crippen molar-refractivity contribution in [1.29, 1.82) is 0 Å². The summed E-state index contributed by atoms with van der Waals surface area (Å²) >= 11 is 0. The minimum atomic E-state index is -3.66. The molecule has 0 radical (unpaired) electrons. The first-order valence-corrected chi connectivity index (χ1v) is 12.2. The number of hydrogen-bond donors (Lipinski definition) is 1. The second-order valence-electron chi connectivity index (χ2n) is 7.88. The Morgan fingerprint density at radius 2 is 1.70 bits per heavy atom. The first-order valence-electron chi connectivity index (χ1n) is 10.6. The van der Waals surface area contributed by atoms with E-state index in [9.17, 15) is 13.2 Å². The number of fused-ring (bicyclic) bond motifs is 1. The van der Waals surface area contributed by atoms with Crippen molar-refractivity contribution >= 4 is 21.6 Å². The molecule has 0 unspecified atom stereocenters. The molecule has 1 aliphatic rings. The van der Waals surface area contributed by atoms with Crippen LogP contribution in [0.15, 0.2) is 66.7 Å². The fourth-order valence-corrected chi connectivity index (χ4v) is 5.14. The smallest absolute Gasteiger partial charge is 0.254 e. The van der Waals surface area contributed by atoms with Crippen molar-refractivity contribution in [3.8, 4) is 11.5 Å². The second-order valence-corrected chi connectivity index (χ2v) is 9.60. The predicted octanol–water partition coefficient (Wildman–Crippen LogP) is 3.84. The van der Waals surface area contributed by atoms with Crippen LogP contribution in [0.25, 0.3) is 0 Å². The van der Waals surface area contributed by atoms with Crippen LogP contribution >= 0.6 is 0 Å². The van der Waals surface area contributed by atoms with Gasteiger partial charge in [-0.1, -0.05) is 30.3 Å². The topological polar surface area (TPSA) is 84.9 Å². The largest absolute Gasteiger partial charge is 0.493 e. The minimum absolute atomic E-state index is 0.0271. The lowest BCUT2D eigenvalue weighted by molar-refractivity contribution is 0.0734. The summed E-state index contributed by atoms with van der Waals surface area (Å²) in [7, 11) is -0.623. The predicted molar refractivity (Wildman–Crippen MR) is 127 cm³/mol. The van der Waals surface area contributed by atoms with Gasteiger partial charge in [-0.15, -0.1) is 0 Å². The molecule has 1 aliphatic heterocycles. The lowest BCUT2D eigenvalue weighted by Gasteiger charge is -2.29. The van der Waals surface area contributed by atoms with E-state index in [-0.39, 0.29) is 11.7 Å². The summed E-state index contributed by atoms with van der Waals surface area (Å²) in [6.45, 7) is 1.07. The molecule has 3 aromatic carbocycles. The molecule has 0 atom stereocenters. The lowest BCUT2D eigenvalue weighted by Crippen LogP contribution is -2.36. The standard InChI is InChI=1S/C25H26N2O5S/c1-31-23-11-8-18(14-24(23)32-2)17-33(29,30)26-22-10-9-19-12-13-27(16-21(19)15-22)25(28)20-6-4-3-5-7-20/h3-11,14-15,26H,12-13,16-17H2,1-2H3. The average molecular weight is 467 g/mol. The maximum atomic E-state index is 12.8. The van der Waals surface area contributed by atoms with Crippen LogP contribution in [0.4, 0.5) is 5.69 Å². The molecule has 0 saturated carbocycles. The van der Waals surface area contributed by atoms with Crippen LogP contribution in [0.3, 0.4) is 0 Å². The number of amides is 1. The zero-order valence-corrected chi connectivity index (χ0v) is 19.4. The SMILES string of the molecule is COc1ccc(CS(=O)(=O)Nc2ccc3c(c2)CN(C(=O)c2ccccc2)CC3)cc1OC. The van der Waals surface area contributed by atoms with Crippen LogP contribution in [0, 0.1) is 0 Å². The summed E-state index contributed by atoms with van der Waals surface area (Å²) in [5.41, 5.74) is 3.76. The van der Waals surface area contributed by atoms with E-state index in [1.807, 2.05) is 30.3 Å². The molecule has 4 rings (SSSR count). The molecule has 1 amide bonds. The fourth-order valence-electron chi connectivity index (χ4n) is 3.96. The van der Waals surface area contributed by atoms with Gasteiger partial charge < -0.3 is 14.4 Å². The van der Waals surface area contributed by atoms with E-state index < -0.39 is 10.0 Å². The highest BCUT2D eigenvalue weighted by atomic mass is 32.2.